The Balaban J connectivity index is 1.79. The smallest absolute Gasteiger partial charge is 0.191 e. The SMILES string of the molecule is CCNC(=NCc1ncc(C)s1)NCC(C)N1CCN(CC)CC1. The number of likely N-dealkylation sites (N-methyl/N-ethyl adjacent to an activating group) is 1. The maximum Gasteiger partial charge on any atom is 0.191 e. The van der Waals surface area contributed by atoms with Gasteiger partial charge in [-0.1, -0.05) is 6.92 Å². The van der Waals surface area contributed by atoms with Crippen LogP contribution in [0.15, 0.2) is 11.2 Å². The molecule has 6 nitrogen and oxygen atoms in total. The molecule has 1 saturated heterocycles. The van der Waals surface area contributed by atoms with Crippen molar-refractivity contribution in [1.29, 1.82) is 0 Å². The lowest BCUT2D eigenvalue weighted by Gasteiger charge is -2.37. The lowest BCUT2D eigenvalue weighted by molar-refractivity contribution is 0.107. The van der Waals surface area contributed by atoms with Crippen LogP contribution in [0.4, 0.5) is 0 Å². The number of aromatic nitrogens is 1. The van der Waals surface area contributed by atoms with Crippen molar-refractivity contribution in [3.63, 3.8) is 0 Å². The van der Waals surface area contributed by atoms with Crippen LogP contribution in [-0.2, 0) is 6.54 Å². The monoisotopic (exact) mass is 352 g/mol. The third-order valence-electron chi connectivity index (χ3n) is 4.43. The molecule has 0 bridgehead atoms. The molecule has 2 rings (SSSR count). The van der Waals surface area contributed by atoms with Crippen LogP contribution in [0.1, 0.15) is 30.7 Å². The molecular weight excluding hydrogens is 320 g/mol. The molecule has 1 aliphatic heterocycles. The van der Waals surface area contributed by atoms with Crippen molar-refractivity contribution >= 4 is 17.3 Å². The first-order chi connectivity index (χ1) is 11.6. The van der Waals surface area contributed by atoms with Crippen molar-refractivity contribution in [3.8, 4) is 0 Å². The van der Waals surface area contributed by atoms with Gasteiger partial charge >= 0.3 is 0 Å². The second kappa shape index (κ2) is 9.96. The van der Waals surface area contributed by atoms with E-state index in [1.165, 1.54) is 18.0 Å². The number of rotatable bonds is 7. The number of nitrogens with one attached hydrogen (secondary N) is 2. The van der Waals surface area contributed by atoms with Gasteiger partial charge in [0.2, 0.25) is 0 Å². The summed E-state index contributed by atoms with van der Waals surface area (Å²) >= 11 is 1.71. The molecule has 0 radical (unpaired) electrons. The highest BCUT2D eigenvalue weighted by Crippen LogP contribution is 2.11. The average molecular weight is 353 g/mol. The standard InChI is InChI=1S/C17H32N6S/c1-5-18-17(21-13-16-19-12-15(4)24-16)20-11-14(3)23-9-7-22(6-2)8-10-23/h12,14H,5-11,13H2,1-4H3,(H2,18,20,21). The summed E-state index contributed by atoms with van der Waals surface area (Å²) in [4.78, 5) is 15.3. The van der Waals surface area contributed by atoms with Crippen LogP contribution in [0.25, 0.3) is 0 Å². The Morgan fingerprint density at radius 3 is 2.62 bits per heavy atom. The lowest BCUT2D eigenvalue weighted by atomic mass is 10.2. The zero-order chi connectivity index (χ0) is 17.4. The minimum absolute atomic E-state index is 0.509. The summed E-state index contributed by atoms with van der Waals surface area (Å²) in [5.74, 6) is 0.879. The summed E-state index contributed by atoms with van der Waals surface area (Å²) in [5.41, 5.74) is 0. The molecule has 2 N–H and O–H groups in total. The second-order valence-electron chi connectivity index (χ2n) is 6.26. The van der Waals surface area contributed by atoms with E-state index in [1.54, 1.807) is 11.3 Å². The molecule has 0 amide bonds. The molecule has 1 fully saturated rings. The van der Waals surface area contributed by atoms with Crippen LogP contribution in [-0.4, -0.2) is 72.6 Å². The minimum Gasteiger partial charge on any atom is -0.357 e. The average Bonchev–Trinajstić information content (AvgIpc) is 3.02. The molecule has 1 aromatic heterocycles. The van der Waals surface area contributed by atoms with Crippen molar-refractivity contribution in [3.05, 3.63) is 16.1 Å². The Bertz CT molecular complexity index is 507. The molecule has 1 aliphatic rings. The summed E-state index contributed by atoms with van der Waals surface area (Å²) in [7, 11) is 0. The summed E-state index contributed by atoms with van der Waals surface area (Å²) in [6.07, 6.45) is 1.91. The summed E-state index contributed by atoms with van der Waals surface area (Å²) < 4.78 is 0. The molecule has 24 heavy (non-hydrogen) atoms. The van der Waals surface area contributed by atoms with Gasteiger partial charge in [0, 0.05) is 56.4 Å². The van der Waals surface area contributed by atoms with Gasteiger partial charge in [-0.15, -0.1) is 11.3 Å². The van der Waals surface area contributed by atoms with E-state index in [1.807, 2.05) is 6.20 Å². The molecule has 0 spiro atoms. The van der Waals surface area contributed by atoms with E-state index in [0.29, 0.717) is 12.6 Å². The molecule has 1 aromatic rings. The van der Waals surface area contributed by atoms with E-state index in [-0.39, 0.29) is 0 Å². The number of piperazine rings is 1. The summed E-state index contributed by atoms with van der Waals surface area (Å²) in [5, 5.41) is 7.87. The molecule has 1 atom stereocenters. The van der Waals surface area contributed by atoms with E-state index in [9.17, 15) is 0 Å². The maximum atomic E-state index is 4.66. The molecular formula is C17H32N6S. The van der Waals surface area contributed by atoms with Gasteiger partial charge in [-0.3, -0.25) is 4.90 Å². The van der Waals surface area contributed by atoms with E-state index < -0.39 is 0 Å². The highest BCUT2D eigenvalue weighted by Gasteiger charge is 2.20. The third kappa shape index (κ3) is 6.03. The predicted octanol–water partition coefficient (Wildman–Crippen LogP) is 1.53. The Morgan fingerprint density at radius 2 is 2.04 bits per heavy atom. The normalized spacial score (nSPS) is 18.6. The Hall–Kier alpha value is -1.18. The summed E-state index contributed by atoms with van der Waals surface area (Å²) in [6, 6.07) is 0.509. The highest BCUT2D eigenvalue weighted by molar-refractivity contribution is 7.11. The van der Waals surface area contributed by atoms with E-state index in [2.05, 4.69) is 58.1 Å². The molecule has 2 heterocycles. The highest BCUT2D eigenvalue weighted by atomic mass is 32.1. The second-order valence-corrected chi connectivity index (χ2v) is 7.58. The fourth-order valence-corrected chi connectivity index (χ4v) is 3.57. The Morgan fingerprint density at radius 1 is 1.29 bits per heavy atom. The molecule has 7 heteroatoms. The number of hydrogen-bond donors (Lipinski definition) is 2. The van der Waals surface area contributed by atoms with E-state index in [0.717, 1.165) is 43.7 Å². The van der Waals surface area contributed by atoms with Crippen LogP contribution in [0.5, 0.6) is 0 Å². The van der Waals surface area contributed by atoms with Crippen LogP contribution in [0, 0.1) is 6.92 Å². The van der Waals surface area contributed by atoms with Gasteiger partial charge in [-0.25, -0.2) is 9.98 Å². The number of guanidine groups is 1. The quantitative estimate of drug-likeness (QED) is 0.576. The largest absolute Gasteiger partial charge is 0.357 e. The third-order valence-corrected chi connectivity index (χ3v) is 5.33. The van der Waals surface area contributed by atoms with Gasteiger partial charge < -0.3 is 15.5 Å². The van der Waals surface area contributed by atoms with Crippen molar-refractivity contribution in [2.24, 2.45) is 4.99 Å². The van der Waals surface area contributed by atoms with Crippen molar-refractivity contribution < 1.29 is 0 Å². The van der Waals surface area contributed by atoms with E-state index >= 15 is 0 Å². The number of hydrogen-bond acceptors (Lipinski definition) is 5. The van der Waals surface area contributed by atoms with E-state index in [4.69, 9.17) is 0 Å². The molecule has 1 unspecified atom stereocenters. The van der Waals surface area contributed by atoms with Crippen molar-refractivity contribution in [2.45, 2.75) is 40.3 Å². The minimum atomic E-state index is 0.509. The molecule has 0 aliphatic carbocycles. The molecule has 0 aromatic carbocycles. The van der Waals surface area contributed by atoms with Crippen molar-refractivity contribution in [2.75, 3.05) is 45.8 Å². The van der Waals surface area contributed by atoms with Crippen LogP contribution < -0.4 is 10.6 Å². The van der Waals surface area contributed by atoms with Crippen LogP contribution in [0.2, 0.25) is 0 Å². The van der Waals surface area contributed by atoms with Gasteiger partial charge in [-0.2, -0.15) is 0 Å². The van der Waals surface area contributed by atoms with Gasteiger partial charge in [0.25, 0.3) is 0 Å². The summed E-state index contributed by atoms with van der Waals surface area (Å²) in [6.45, 7) is 17.0. The van der Waals surface area contributed by atoms with Gasteiger partial charge in [0.15, 0.2) is 5.96 Å². The van der Waals surface area contributed by atoms with Gasteiger partial charge in [0.1, 0.15) is 5.01 Å². The Kier molecular flexibility index (Phi) is 7.94. The first-order valence-corrected chi connectivity index (χ1v) is 9.83. The fourth-order valence-electron chi connectivity index (χ4n) is 2.86. The lowest BCUT2D eigenvalue weighted by Crippen LogP contribution is -2.53. The maximum absolute atomic E-state index is 4.66. The topological polar surface area (TPSA) is 55.8 Å². The Labute approximate surface area is 150 Å². The zero-order valence-corrected chi connectivity index (χ0v) is 16.3. The predicted molar refractivity (Wildman–Crippen MR) is 103 cm³/mol. The molecule has 0 saturated carbocycles. The van der Waals surface area contributed by atoms with Gasteiger partial charge in [0.05, 0.1) is 6.54 Å². The molecule has 136 valence electrons. The first-order valence-electron chi connectivity index (χ1n) is 9.02. The van der Waals surface area contributed by atoms with Crippen LogP contribution >= 0.6 is 11.3 Å². The zero-order valence-electron chi connectivity index (χ0n) is 15.5. The first kappa shape index (κ1) is 19.1. The van der Waals surface area contributed by atoms with Gasteiger partial charge in [-0.05, 0) is 27.3 Å². The number of aliphatic imine (C=N–C) groups is 1. The number of thiazole rings is 1. The fraction of sp³-hybridized carbons (Fsp3) is 0.765. The van der Waals surface area contributed by atoms with Crippen LogP contribution in [0.3, 0.4) is 0 Å². The number of nitrogens with zero attached hydrogens (tertiary/aromatic N) is 4. The van der Waals surface area contributed by atoms with Crippen molar-refractivity contribution in [1.82, 2.24) is 25.4 Å². The number of aryl methyl sites for hydroxylation is 1.